The van der Waals surface area contributed by atoms with Crippen LogP contribution in [-0.2, 0) is 16.1 Å². The molecule has 0 bridgehead atoms. The highest BCUT2D eigenvalue weighted by atomic mass is 127. The molecule has 1 aliphatic heterocycles. The Morgan fingerprint density at radius 2 is 2.00 bits per heavy atom. The number of nitro benzene ring substituents is 1. The van der Waals surface area contributed by atoms with Crippen LogP contribution in [0.5, 0.6) is 0 Å². The van der Waals surface area contributed by atoms with Gasteiger partial charge in [-0.25, -0.2) is 0 Å². The van der Waals surface area contributed by atoms with Crippen LogP contribution < -0.4 is 10.6 Å². The monoisotopic (exact) mass is 520 g/mol. The third-order valence-corrected chi connectivity index (χ3v) is 4.45. The number of nitrogens with zero attached hydrogens (tertiary/aromatic N) is 4. The van der Waals surface area contributed by atoms with Crippen molar-refractivity contribution >= 4 is 41.5 Å². The van der Waals surface area contributed by atoms with Gasteiger partial charge in [-0.05, 0) is 5.56 Å². The highest BCUT2D eigenvalue weighted by Crippen LogP contribution is 2.13. The minimum Gasteiger partial charge on any atom is -0.383 e. The van der Waals surface area contributed by atoms with Crippen molar-refractivity contribution in [3.8, 4) is 0 Å². The zero-order valence-corrected chi connectivity index (χ0v) is 19.1. The largest absolute Gasteiger partial charge is 0.383 e. The Morgan fingerprint density at radius 1 is 1.28 bits per heavy atom. The van der Waals surface area contributed by atoms with Crippen molar-refractivity contribution in [2.24, 2.45) is 4.99 Å². The van der Waals surface area contributed by atoms with Gasteiger partial charge in [0.05, 0.1) is 18.1 Å². The summed E-state index contributed by atoms with van der Waals surface area (Å²) in [4.78, 5) is 30.9. The topological polar surface area (TPSA) is 112 Å². The van der Waals surface area contributed by atoms with Gasteiger partial charge < -0.3 is 20.3 Å². The van der Waals surface area contributed by atoms with E-state index in [1.807, 2.05) is 6.07 Å². The molecule has 2 N–H and O–H groups in total. The van der Waals surface area contributed by atoms with Gasteiger partial charge in [0.25, 0.3) is 5.69 Å². The molecule has 0 atom stereocenters. The van der Waals surface area contributed by atoms with Gasteiger partial charge in [0.1, 0.15) is 0 Å². The Morgan fingerprint density at radius 3 is 2.62 bits per heavy atom. The van der Waals surface area contributed by atoms with E-state index in [-0.39, 0.29) is 35.6 Å². The van der Waals surface area contributed by atoms with Gasteiger partial charge in [-0.3, -0.25) is 24.8 Å². The number of piperazine rings is 1. The van der Waals surface area contributed by atoms with Gasteiger partial charge >= 0.3 is 0 Å². The SMILES string of the molecule is CN=C(NCc1cccc([N+](=O)[O-])c1)N1CCN(CC(=O)NCCOC)CC1.I. The maximum Gasteiger partial charge on any atom is 0.269 e. The Labute approximate surface area is 187 Å². The first-order chi connectivity index (χ1) is 13.5. The van der Waals surface area contributed by atoms with Crippen molar-refractivity contribution in [1.82, 2.24) is 20.4 Å². The number of non-ortho nitro benzene ring substituents is 1. The lowest BCUT2D eigenvalue weighted by Gasteiger charge is -2.36. The molecule has 29 heavy (non-hydrogen) atoms. The Kier molecular flexibility index (Phi) is 11.5. The number of amides is 1. The van der Waals surface area contributed by atoms with Crippen LogP contribution in [0, 0.1) is 10.1 Å². The number of carbonyl (C=O) groups is 1. The molecule has 10 nitrogen and oxygen atoms in total. The molecule has 1 fully saturated rings. The summed E-state index contributed by atoms with van der Waals surface area (Å²) >= 11 is 0. The zero-order valence-electron chi connectivity index (χ0n) is 16.8. The highest BCUT2D eigenvalue weighted by Gasteiger charge is 2.21. The van der Waals surface area contributed by atoms with E-state index >= 15 is 0 Å². The minimum atomic E-state index is -0.400. The molecule has 1 heterocycles. The van der Waals surface area contributed by atoms with Gasteiger partial charge in [-0.15, -0.1) is 24.0 Å². The summed E-state index contributed by atoms with van der Waals surface area (Å²) in [7, 11) is 3.32. The Balaban J connectivity index is 0.00000420. The number of methoxy groups -OCH3 is 1. The van der Waals surface area contributed by atoms with Crippen LogP contribution in [0.4, 0.5) is 5.69 Å². The molecule has 162 valence electrons. The first kappa shape index (κ1) is 25.0. The number of halogens is 1. The second-order valence-electron chi connectivity index (χ2n) is 6.43. The normalized spacial score (nSPS) is 14.8. The van der Waals surface area contributed by atoms with E-state index in [9.17, 15) is 14.9 Å². The number of carbonyl (C=O) groups excluding carboxylic acids is 1. The summed E-state index contributed by atoms with van der Waals surface area (Å²) in [6.07, 6.45) is 0. The third-order valence-electron chi connectivity index (χ3n) is 4.45. The number of guanidine groups is 1. The van der Waals surface area contributed by atoms with Crippen LogP contribution in [0.1, 0.15) is 5.56 Å². The molecule has 2 rings (SSSR count). The van der Waals surface area contributed by atoms with Crippen molar-refractivity contribution in [2.75, 3.05) is 60.0 Å². The van der Waals surface area contributed by atoms with E-state index in [4.69, 9.17) is 4.74 Å². The molecule has 11 heteroatoms. The lowest BCUT2D eigenvalue weighted by molar-refractivity contribution is -0.384. The fourth-order valence-corrected chi connectivity index (χ4v) is 2.96. The number of nitro groups is 1. The van der Waals surface area contributed by atoms with Gasteiger partial charge in [0.15, 0.2) is 5.96 Å². The lowest BCUT2D eigenvalue weighted by Crippen LogP contribution is -2.54. The number of nitrogens with one attached hydrogen (secondary N) is 2. The highest BCUT2D eigenvalue weighted by molar-refractivity contribution is 14.0. The van der Waals surface area contributed by atoms with Gasteiger partial charge in [0, 0.05) is 65.6 Å². The summed E-state index contributed by atoms with van der Waals surface area (Å²) < 4.78 is 4.92. The molecule has 1 saturated heterocycles. The van der Waals surface area contributed by atoms with Gasteiger partial charge in [0.2, 0.25) is 5.91 Å². The smallest absolute Gasteiger partial charge is 0.269 e. The van der Waals surface area contributed by atoms with Crippen LogP contribution in [0.25, 0.3) is 0 Å². The zero-order chi connectivity index (χ0) is 20.4. The maximum absolute atomic E-state index is 11.9. The van der Waals surface area contributed by atoms with E-state index in [1.54, 1.807) is 26.3 Å². The molecular weight excluding hydrogens is 491 g/mol. The predicted molar refractivity (Wildman–Crippen MR) is 122 cm³/mol. The van der Waals surface area contributed by atoms with Gasteiger partial charge in [-0.2, -0.15) is 0 Å². The van der Waals surface area contributed by atoms with Crippen LogP contribution in [-0.4, -0.2) is 86.6 Å². The van der Waals surface area contributed by atoms with Crippen LogP contribution in [0.2, 0.25) is 0 Å². The number of ether oxygens (including phenoxy) is 1. The van der Waals surface area contributed by atoms with Gasteiger partial charge in [-0.1, -0.05) is 12.1 Å². The van der Waals surface area contributed by atoms with E-state index in [1.165, 1.54) is 6.07 Å². The molecule has 1 aromatic rings. The number of aliphatic imine (C=N–C) groups is 1. The molecule has 0 spiro atoms. The van der Waals surface area contributed by atoms with E-state index < -0.39 is 4.92 Å². The summed E-state index contributed by atoms with van der Waals surface area (Å²) in [5.74, 6) is 0.745. The molecule has 0 saturated carbocycles. The summed E-state index contributed by atoms with van der Waals surface area (Å²) in [5.41, 5.74) is 0.897. The Bertz CT molecular complexity index is 695. The molecule has 1 aliphatic rings. The van der Waals surface area contributed by atoms with Crippen LogP contribution >= 0.6 is 24.0 Å². The minimum absolute atomic E-state index is 0. The van der Waals surface area contributed by atoms with Crippen molar-refractivity contribution in [1.29, 1.82) is 0 Å². The van der Waals surface area contributed by atoms with Crippen molar-refractivity contribution in [3.63, 3.8) is 0 Å². The van der Waals surface area contributed by atoms with Crippen molar-refractivity contribution in [3.05, 3.63) is 39.9 Å². The second kappa shape index (κ2) is 13.3. The first-order valence-corrected chi connectivity index (χ1v) is 9.20. The molecule has 0 unspecified atom stereocenters. The quantitative estimate of drug-likeness (QED) is 0.129. The van der Waals surface area contributed by atoms with Crippen LogP contribution in [0.3, 0.4) is 0 Å². The number of benzene rings is 1. The lowest BCUT2D eigenvalue weighted by atomic mass is 10.2. The molecule has 1 aromatic carbocycles. The summed E-state index contributed by atoms with van der Waals surface area (Å²) in [5, 5.41) is 17.0. The number of hydrogen-bond acceptors (Lipinski definition) is 6. The average molecular weight is 520 g/mol. The van der Waals surface area contributed by atoms with Crippen molar-refractivity contribution in [2.45, 2.75) is 6.54 Å². The van der Waals surface area contributed by atoms with E-state index in [0.717, 1.165) is 37.7 Å². The van der Waals surface area contributed by atoms with E-state index in [0.29, 0.717) is 26.2 Å². The van der Waals surface area contributed by atoms with Crippen molar-refractivity contribution < 1.29 is 14.5 Å². The molecule has 0 aromatic heterocycles. The van der Waals surface area contributed by atoms with Crippen LogP contribution in [0.15, 0.2) is 29.3 Å². The summed E-state index contributed by atoms with van der Waals surface area (Å²) in [6, 6.07) is 6.55. The third kappa shape index (κ3) is 8.50. The molecule has 1 amide bonds. The first-order valence-electron chi connectivity index (χ1n) is 9.20. The Hall–Kier alpha value is -1.99. The number of rotatable bonds is 8. The molecule has 0 aliphatic carbocycles. The number of hydrogen-bond donors (Lipinski definition) is 2. The van der Waals surface area contributed by atoms with E-state index in [2.05, 4.69) is 25.4 Å². The molecule has 0 radical (unpaired) electrons. The maximum atomic E-state index is 11.9. The average Bonchev–Trinajstić information content (AvgIpc) is 2.70. The molecular formula is C18H29IN6O4. The fourth-order valence-electron chi connectivity index (χ4n) is 2.96. The second-order valence-corrected chi connectivity index (χ2v) is 6.43. The summed E-state index contributed by atoms with van der Waals surface area (Å²) in [6.45, 7) is 4.87. The standard InChI is InChI=1S/C18H28N6O4.HI/c1-19-18(21-13-15-4-3-5-16(12-15)24(26)27)23-9-7-22(8-10-23)14-17(25)20-6-11-28-2;/h3-5,12H,6-11,13-14H2,1-2H3,(H,19,21)(H,20,25);1H. The fraction of sp³-hybridized carbons (Fsp3) is 0.556. The predicted octanol–water partition coefficient (Wildman–Crippen LogP) is 0.668.